The highest BCUT2D eigenvalue weighted by Crippen LogP contribution is 2.25. The van der Waals surface area contributed by atoms with Crippen molar-refractivity contribution in [2.24, 2.45) is 10.9 Å². The molecule has 0 radical (unpaired) electrons. The zero-order valence-electron chi connectivity index (χ0n) is 11.0. The number of pyridine rings is 1. The average molecular weight is 335 g/mol. The second-order valence-corrected chi connectivity index (χ2v) is 5.27. The lowest BCUT2D eigenvalue weighted by atomic mass is 10.1. The molecule has 0 spiro atoms. The fourth-order valence-corrected chi connectivity index (χ4v) is 2.31. The predicted octanol–water partition coefficient (Wildman–Crippen LogP) is 2.58. The van der Waals surface area contributed by atoms with E-state index in [2.05, 4.69) is 26.1 Å². The standard InChI is InChI=1S/C14H15BrN4O/c1-19(9-10-4-6-17-7-5-10)13-3-2-11(15)8-12(13)14(16)18-20/h2-8,20H,9H2,1H3,(H2,16,18). The van der Waals surface area contributed by atoms with Crippen molar-refractivity contribution in [1.29, 1.82) is 0 Å². The molecule has 0 atom stereocenters. The van der Waals surface area contributed by atoms with Crippen LogP contribution in [0.4, 0.5) is 5.69 Å². The molecule has 20 heavy (non-hydrogen) atoms. The summed E-state index contributed by atoms with van der Waals surface area (Å²) < 4.78 is 0.875. The third kappa shape index (κ3) is 3.27. The van der Waals surface area contributed by atoms with Gasteiger partial charge in [-0.3, -0.25) is 4.98 Å². The van der Waals surface area contributed by atoms with Gasteiger partial charge in [0.15, 0.2) is 5.84 Å². The Morgan fingerprint density at radius 2 is 2.05 bits per heavy atom. The first-order chi connectivity index (χ1) is 9.61. The molecule has 0 aliphatic rings. The zero-order valence-corrected chi connectivity index (χ0v) is 12.6. The van der Waals surface area contributed by atoms with E-state index in [1.54, 1.807) is 12.4 Å². The summed E-state index contributed by atoms with van der Waals surface area (Å²) in [6.07, 6.45) is 3.52. The van der Waals surface area contributed by atoms with Crippen LogP contribution >= 0.6 is 15.9 Å². The van der Waals surface area contributed by atoms with Gasteiger partial charge in [0, 0.05) is 41.7 Å². The minimum absolute atomic E-state index is 0.0860. The van der Waals surface area contributed by atoms with E-state index in [0.717, 1.165) is 15.7 Å². The summed E-state index contributed by atoms with van der Waals surface area (Å²) in [7, 11) is 1.96. The van der Waals surface area contributed by atoms with Gasteiger partial charge in [0.25, 0.3) is 0 Å². The number of oxime groups is 1. The highest BCUT2D eigenvalue weighted by atomic mass is 79.9. The van der Waals surface area contributed by atoms with Gasteiger partial charge >= 0.3 is 0 Å². The highest BCUT2D eigenvalue weighted by molar-refractivity contribution is 9.10. The Labute approximate surface area is 125 Å². The maximum atomic E-state index is 8.90. The Balaban J connectivity index is 2.32. The first kappa shape index (κ1) is 14.3. The van der Waals surface area contributed by atoms with E-state index in [1.807, 2.05) is 42.3 Å². The monoisotopic (exact) mass is 334 g/mol. The normalized spacial score (nSPS) is 11.4. The minimum atomic E-state index is 0.0860. The first-order valence-corrected chi connectivity index (χ1v) is 6.78. The second-order valence-electron chi connectivity index (χ2n) is 4.36. The molecule has 2 aromatic rings. The third-order valence-corrected chi connectivity index (χ3v) is 3.42. The maximum absolute atomic E-state index is 8.90. The van der Waals surface area contributed by atoms with Crippen LogP contribution in [0.1, 0.15) is 11.1 Å². The van der Waals surface area contributed by atoms with E-state index in [1.165, 1.54) is 0 Å². The smallest absolute Gasteiger partial charge is 0.172 e. The molecule has 0 aliphatic carbocycles. The molecule has 3 N–H and O–H groups in total. The molecule has 1 heterocycles. The van der Waals surface area contributed by atoms with Crippen LogP contribution in [0, 0.1) is 0 Å². The predicted molar refractivity (Wildman–Crippen MR) is 83.0 cm³/mol. The van der Waals surface area contributed by atoms with Gasteiger partial charge in [0.1, 0.15) is 0 Å². The molecular formula is C14H15BrN4O. The molecular weight excluding hydrogens is 320 g/mol. The Morgan fingerprint density at radius 1 is 1.35 bits per heavy atom. The van der Waals surface area contributed by atoms with Crippen molar-refractivity contribution in [1.82, 2.24) is 4.98 Å². The van der Waals surface area contributed by atoms with Crippen LogP contribution in [0.2, 0.25) is 0 Å². The molecule has 0 bridgehead atoms. The van der Waals surface area contributed by atoms with Crippen molar-refractivity contribution >= 4 is 27.5 Å². The van der Waals surface area contributed by atoms with E-state index in [4.69, 9.17) is 10.9 Å². The highest BCUT2D eigenvalue weighted by Gasteiger charge is 2.12. The average Bonchev–Trinajstić information content (AvgIpc) is 2.47. The van der Waals surface area contributed by atoms with Gasteiger partial charge in [-0.2, -0.15) is 0 Å². The van der Waals surface area contributed by atoms with Gasteiger partial charge in [0.2, 0.25) is 0 Å². The van der Waals surface area contributed by atoms with E-state index in [9.17, 15) is 0 Å². The number of hydrogen-bond acceptors (Lipinski definition) is 4. The first-order valence-electron chi connectivity index (χ1n) is 5.99. The Kier molecular flexibility index (Phi) is 4.57. The van der Waals surface area contributed by atoms with Crippen molar-refractivity contribution in [2.75, 3.05) is 11.9 Å². The second kappa shape index (κ2) is 6.38. The number of hydrogen-bond donors (Lipinski definition) is 2. The van der Waals surface area contributed by atoms with Crippen molar-refractivity contribution < 1.29 is 5.21 Å². The van der Waals surface area contributed by atoms with Crippen LogP contribution in [0.25, 0.3) is 0 Å². The molecule has 0 saturated carbocycles. The summed E-state index contributed by atoms with van der Waals surface area (Å²) in [5.41, 5.74) is 8.44. The molecule has 5 nitrogen and oxygen atoms in total. The minimum Gasteiger partial charge on any atom is -0.409 e. The van der Waals surface area contributed by atoms with Crippen molar-refractivity contribution in [3.05, 3.63) is 58.3 Å². The van der Waals surface area contributed by atoms with Gasteiger partial charge in [-0.25, -0.2) is 0 Å². The van der Waals surface area contributed by atoms with Crippen molar-refractivity contribution in [3.8, 4) is 0 Å². The SMILES string of the molecule is CN(Cc1ccncc1)c1ccc(Br)cc1/C(N)=N/O. The van der Waals surface area contributed by atoms with Gasteiger partial charge in [0.05, 0.1) is 0 Å². The lowest BCUT2D eigenvalue weighted by Crippen LogP contribution is -2.22. The van der Waals surface area contributed by atoms with Crippen LogP contribution in [0.5, 0.6) is 0 Å². The fraction of sp³-hybridized carbons (Fsp3) is 0.143. The molecule has 2 rings (SSSR count). The lowest BCUT2D eigenvalue weighted by molar-refractivity contribution is 0.318. The fourth-order valence-electron chi connectivity index (χ4n) is 1.95. The number of anilines is 1. The lowest BCUT2D eigenvalue weighted by Gasteiger charge is -2.22. The zero-order chi connectivity index (χ0) is 14.5. The van der Waals surface area contributed by atoms with Crippen LogP contribution in [-0.2, 0) is 6.54 Å². The van der Waals surface area contributed by atoms with Crippen LogP contribution < -0.4 is 10.6 Å². The molecule has 0 unspecified atom stereocenters. The Bertz CT molecular complexity index is 616. The largest absolute Gasteiger partial charge is 0.409 e. The molecule has 1 aromatic heterocycles. The number of amidine groups is 1. The number of nitrogens with zero attached hydrogens (tertiary/aromatic N) is 3. The van der Waals surface area contributed by atoms with Gasteiger partial charge in [-0.15, -0.1) is 0 Å². The quantitative estimate of drug-likeness (QED) is 0.390. The van der Waals surface area contributed by atoms with Crippen LogP contribution in [0.15, 0.2) is 52.4 Å². The van der Waals surface area contributed by atoms with Crippen LogP contribution in [-0.4, -0.2) is 23.1 Å². The molecule has 0 aliphatic heterocycles. The Morgan fingerprint density at radius 3 is 2.70 bits per heavy atom. The van der Waals surface area contributed by atoms with E-state index >= 15 is 0 Å². The van der Waals surface area contributed by atoms with Crippen molar-refractivity contribution in [2.45, 2.75) is 6.54 Å². The number of benzene rings is 1. The van der Waals surface area contributed by atoms with Crippen molar-refractivity contribution in [3.63, 3.8) is 0 Å². The molecule has 104 valence electrons. The number of halogens is 1. The number of aromatic nitrogens is 1. The van der Waals surface area contributed by atoms with Gasteiger partial charge in [-0.05, 0) is 35.9 Å². The maximum Gasteiger partial charge on any atom is 0.172 e. The topological polar surface area (TPSA) is 74.7 Å². The summed E-state index contributed by atoms with van der Waals surface area (Å²) in [6.45, 7) is 0.704. The summed E-state index contributed by atoms with van der Waals surface area (Å²) in [5, 5.41) is 12.0. The van der Waals surface area contributed by atoms with Gasteiger partial charge < -0.3 is 15.8 Å². The van der Waals surface area contributed by atoms with E-state index < -0.39 is 0 Å². The number of nitrogens with two attached hydrogens (primary N) is 1. The number of rotatable bonds is 4. The summed E-state index contributed by atoms with van der Waals surface area (Å²) in [5.74, 6) is 0.0860. The molecule has 0 saturated heterocycles. The van der Waals surface area contributed by atoms with E-state index in [-0.39, 0.29) is 5.84 Å². The summed E-state index contributed by atoms with van der Waals surface area (Å²) in [4.78, 5) is 6.04. The molecule has 0 fully saturated rings. The summed E-state index contributed by atoms with van der Waals surface area (Å²) >= 11 is 3.39. The molecule has 6 heteroatoms. The van der Waals surface area contributed by atoms with E-state index in [0.29, 0.717) is 12.1 Å². The third-order valence-electron chi connectivity index (χ3n) is 2.92. The summed E-state index contributed by atoms with van der Waals surface area (Å²) in [6, 6.07) is 9.59. The van der Waals surface area contributed by atoms with Crippen LogP contribution in [0.3, 0.4) is 0 Å². The molecule has 0 amide bonds. The molecule has 1 aromatic carbocycles. The van der Waals surface area contributed by atoms with Gasteiger partial charge in [-0.1, -0.05) is 21.1 Å². The Hall–Kier alpha value is -2.08.